The van der Waals surface area contributed by atoms with Crippen molar-refractivity contribution in [2.45, 2.75) is 26.3 Å². The lowest BCUT2D eigenvalue weighted by molar-refractivity contribution is -0.132. The molecule has 1 aromatic heterocycles. The van der Waals surface area contributed by atoms with Crippen LogP contribution in [0.1, 0.15) is 39.3 Å². The van der Waals surface area contributed by atoms with Crippen molar-refractivity contribution in [3.05, 3.63) is 57.3 Å². The number of hydrogen-bond donors (Lipinski definition) is 1. The molecule has 1 N–H and O–H groups in total. The Bertz CT molecular complexity index is 738. The molecule has 1 aromatic carbocycles. The van der Waals surface area contributed by atoms with Crippen molar-refractivity contribution in [3.63, 3.8) is 0 Å². The molecule has 1 aliphatic rings. The van der Waals surface area contributed by atoms with E-state index in [9.17, 15) is 9.59 Å². The number of rotatable bonds is 3. The van der Waals surface area contributed by atoms with Gasteiger partial charge in [0.25, 0.3) is 5.91 Å². The minimum atomic E-state index is -0.206. The van der Waals surface area contributed by atoms with Crippen molar-refractivity contribution in [1.29, 1.82) is 0 Å². The number of aryl methyl sites for hydroxylation is 1. The number of nitrogens with one attached hydrogen (secondary N) is 1. The van der Waals surface area contributed by atoms with Gasteiger partial charge < -0.3 is 10.2 Å². The van der Waals surface area contributed by atoms with Gasteiger partial charge in [-0.05, 0) is 49.4 Å². The summed E-state index contributed by atoms with van der Waals surface area (Å²) < 4.78 is 0. The first-order valence-electron chi connectivity index (χ1n) is 7.77. The number of fused-ring (bicyclic) bond motifs is 1. The molecule has 5 heteroatoms. The van der Waals surface area contributed by atoms with Crippen LogP contribution < -0.4 is 5.32 Å². The Morgan fingerprint density at radius 3 is 2.96 bits per heavy atom. The second-order valence-corrected chi connectivity index (χ2v) is 6.87. The molecule has 0 fully saturated rings. The van der Waals surface area contributed by atoms with Gasteiger partial charge in [0, 0.05) is 17.0 Å². The number of carbonyl (C=O) groups excluding carboxylic acids is 2. The summed E-state index contributed by atoms with van der Waals surface area (Å²) in [5, 5.41) is 4.81. The summed E-state index contributed by atoms with van der Waals surface area (Å²) in [6, 6.07) is 9.53. The van der Waals surface area contributed by atoms with Crippen molar-refractivity contribution < 1.29 is 9.59 Å². The predicted molar refractivity (Wildman–Crippen MR) is 91.7 cm³/mol. The van der Waals surface area contributed by atoms with Crippen LogP contribution in [-0.4, -0.2) is 29.8 Å². The summed E-state index contributed by atoms with van der Waals surface area (Å²) in [4.78, 5) is 27.8. The molecule has 0 unspecified atom stereocenters. The van der Waals surface area contributed by atoms with Gasteiger partial charge in [-0.2, -0.15) is 0 Å². The fourth-order valence-electron chi connectivity index (χ4n) is 3.00. The second kappa shape index (κ2) is 6.54. The van der Waals surface area contributed by atoms with Crippen LogP contribution >= 0.6 is 11.3 Å². The maximum Gasteiger partial charge on any atom is 0.251 e. The van der Waals surface area contributed by atoms with Gasteiger partial charge in [-0.1, -0.05) is 17.7 Å². The molecular weight excluding hydrogens is 308 g/mol. The molecule has 0 bridgehead atoms. The van der Waals surface area contributed by atoms with Crippen LogP contribution in [0.2, 0.25) is 0 Å². The fraction of sp³-hybridized carbons (Fsp3) is 0.333. The van der Waals surface area contributed by atoms with Crippen molar-refractivity contribution in [3.8, 4) is 0 Å². The highest BCUT2D eigenvalue weighted by Crippen LogP contribution is 2.32. The molecular formula is C18H20N2O2S. The summed E-state index contributed by atoms with van der Waals surface area (Å²) >= 11 is 1.75. The third kappa shape index (κ3) is 3.29. The molecule has 0 saturated carbocycles. The number of nitrogens with zero attached hydrogens (tertiary/aromatic N) is 1. The van der Waals surface area contributed by atoms with Crippen LogP contribution in [0, 0.1) is 6.92 Å². The van der Waals surface area contributed by atoms with E-state index in [1.165, 1.54) is 10.4 Å². The van der Waals surface area contributed by atoms with Crippen LogP contribution in [-0.2, 0) is 11.2 Å². The monoisotopic (exact) mass is 328 g/mol. The largest absolute Gasteiger partial charge is 0.343 e. The second-order valence-electron chi connectivity index (χ2n) is 5.86. The first-order chi connectivity index (χ1) is 11.1. The van der Waals surface area contributed by atoms with Crippen LogP contribution in [0.3, 0.4) is 0 Å². The molecule has 0 aliphatic carbocycles. The summed E-state index contributed by atoms with van der Waals surface area (Å²) in [5.41, 5.74) is 2.85. The van der Waals surface area contributed by atoms with Gasteiger partial charge in [-0.3, -0.25) is 9.59 Å². The van der Waals surface area contributed by atoms with Gasteiger partial charge in [0.15, 0.2) is 0 Å². The Balaban J connectivity index is 1.61. The zero-order chi connectivity index (χ0) is 16.4. The molecule has 4 nitrogen and oxygen atoms in total. The van der Waals surface area contributed by atoms with Crippen molar-refractivity contribution in [1.82, 2.24) is 10.2 Å². The molecule has 2 heterocycles. The number of thiophene rings is 1. The molecule has 120 valence electrons. The third-order valence-electron chi connectivity index (χ3n) is 4.28. The molecule has 23 heavy (non-hydrogen) atoms. The molecule has 1 aliphatic heterocycles. The smallest absolute Gasteiger partial charge is 0.251 e. The van der Waals surface area contributed by atoms with Crippen molar-refractivity contribution in [2.24, 2.45) is 0 Å². The number of carbonyl (C=O) groups is 2. The van der Waals surface area contributed by atoms with E-state index in [0.29, 0.717) is 12.1 Å². The van der Waals surface area contributed by atoms with Crippen LogP contribution in [0.25, 0.3) is 0 Å². The van der Waals surface area contributed by atoms with Gasteiger partial charge in [0.05, 0.1) is 12.6 Å². The average molecular weight is 328 g/mol. The molecule has 1 atom stereocenters. The summed E-state index contributed by atoms with van der Waals surface area (Å²) in [7, 11) is 0. The van der Waals surface area contributed by atoms with Crippen molar-refractivity contribution >= 4 is 23.2 Å². The minimum absolute atomic E-state index is 0.0321. The lowest BCUT2D eigenvalue weighted by Crippen LogP contribution is -2.44. The van der Waals surface area contributed by atoms with Crippen LogP contribution in [0.15, 0.2) is 35.7 Å². The number of benzene rings is 1. The third-order valence-corrected chi connectivity index (χ3v) is 5.27. The normalized spacial score (nSPS) is 16.8. The molecule has 0 spiro atoms. The minimum Gasteiger partial charge on any atom is -0.343 e. The standard InChI is InChI=1S/C18H20N2O2S/c1-12-4-3-5-14(10-12)18(22)19-11-17(21)20-8-6-16-15(13(20)2)7-9-23-16/h3-5,7,9-10,13H,6,8,11H2,1-2H3,(H,19,22)/t13-/m1/s1. The molecule has 2 amide bonds. The Labute approximate surface area is 140 Å². The van der Waals surface area contributed by atoms with Gasteiger partial charge in [0.2, 0.25) is 5.91 Å². The van der Waals surface area contributed by atoms with Gasteiger partial charge >= 0.3 is 0 Å². The van der Waals surface area contributed by atoms with E-state index >= 15 is 0 Å². The van der Waals surface area contributed by atoms with Gasteiger partial charge in [-0.15, -0.1) is 11.3 Å². The molecule has 2 aromatic rings. The van der Waals surface area contributed by atoms with E-state index < -0.39 is 0 Å². The topological polar surface area (TPSA) is 49.4 Å². The quantitative estimate of drug-likeness (QED) is 0.942. The number of hydrogen-bond acceptors (Lipinski definition) is 3. The summed E-state index contributed by atoms with van der Waals surface area (Å²) in [6.45, 7) is 4.74. The van der Waals surface area contributed by atoms with Crippen LogP contribution in [0.4, 0.5) is 0 Å². The SMILES string of the molecule is Cc1cccc(C(=O)NCC(=O)N2CCc3sccc3[C@H]2C)c1. The maximum absolute atomic E-state index is 12.5. The zero-order valence-electron chi connectivity index (χ0n) is 13.3. The average Bonchev–Trinajstić information content (AvgIpc) is 3.02. The van der Waals surface area contributed by atoms with E-state index in [-0.39, 0.29) is 24.4 Å². The zero-order valence-corrected chi connectivity index (χ0v) is 14.2. The van der Waals surface area contributed by atoms with Gasteiger partial charge in [0.1, 0.15) is 0 Å². The maximum atomic E-state index is 12.5. The fourth-order valence-corrected chi connectivity index (χ4v) is 3.96. The first kappa shape index (κ1) is 15.7. The van der Waals surface area contributed by atoms with E-state index in [4.69, 9.17) is 0 Å². The molecule has 0 radical (unpaired) electrons. The van der Waals surface area contributed by atoms with Gasteiger partial charge in [-0.25, -0.2) is 0 Å². The number of amides is 2. The Hall–Kier alpha value is -2.14. The highest BCUT2D eigenvalue weighted by atomic mass is 32.1. The Morgan fingerprint density at radius 2 is 2.17 bits per heavy atom. The van der Waals surface area contributed by atoms with E-state index in [2.05, 4.69) is 16.8 Å². The van der Waals surface area contributed by atoms with E-state index in [1.54, 1.807) is 17.4 Å². The highest BCUT2D eigenvalue weighted by molar-refractivity contribution is 7.10. The first-order valence-corrected chi connectivity index (χ1v) is 8.65. The van der Waals surface area contributed by atoms with E-state index in [0.717, 1.165) is 12.0 Å². The lowest BCUT2D eigenvalue weighted by atomic mass is 10.0. The Morgan fingerprint density at radius 1 is 1.35 bits per heavy atom. The highest BCUT2D eigenvalue weighted by Gasteiger charge is 2.28. The van der Waals surface area contributed by atoms with Crippen molar-refractivity contribution in [2.75, 3.05) is 13.1 Å². The predicted octanol–water partition coefficient (Wildman–Crippen LogP) is 2.93. The summed E-state index contributed by atoms with van der Waals surface area (Å²) in [6.07, 6.45) is 0.898. The van der Waals surface area contributed by atoms with E-state index in [1.807, 2.05) is 36.9 Å². The summed E-state index contributed by atoms with van der Waals surface area (Å²) in [5.74, 6) is -0.238. The van der Waals surface area contributed by atoms with Crippen LogP contribution in [0.5, 0.6) is 0 Å². The Kier molecular flexibility index (Phi) is 4.48. The molecule has 3 rings (SSSR count). The lowest BCUT2D eigenvalue weighted by Gasteiger charge is -2.33. The molecule has 0 saturated heterocycles.